The third-order valence-corrected chi connectivity index (χ3v) is 3.82. The lowest BCUT2D eigenvalue weighted by atomic mass is 10.2. The van der Waals surface area contributed by atoms with Gasteiger partial charge in [0.1, 0.15) is 0 Å². The summed E-state index contributed by atoms with van der Waals surface area (Å²) in [5, 5.41) is 6.58. The quantitative estimate of drug-likeness (QED) is 0.566. The number of fused-ring (bicyclic) bond motifs is 1. The van der Waals surface area contributed by atoms with E-state index in [4.69, 9.17) is 0 Å². The molecule has 5 nitrogen and oxygen atoms in total. The van der Waals surface area contributed by atoms with E-state index in [-0.39, 0.29) is 0 Å². The molecule has 0 aromatic carbocycles. The molecule has 4 rings (SSSR count). The molecule has 0 aliphatic heterocycles. The maximum atomic E-state index is 4.56. The van der Waals surface area contributed by atoms with Crippen molar-refractivity contribution in [3.63, 3.8) is 0 Å². The van der Waals surface area contributed by atoms with Gasteiger partial charge in [-0.25, -0.2) is 4.98 Å². The highest BCUT2D eigenvalue weighted by atomic mass is 32.1. The van der Waals surface area contributed by atoms with Crippen LogP contribution >= 0.6 is 11.3 Å². The summed E-state index contributed by atoms with van der Waals surface area (Å²) in [4.78, 5) is 13.8. The topological polar surface area (TPSA) is 56.0 Å². The maximum Gasteiger partial charge on any atom is 0.253 e. The zero-order valence-corrected chi connectivity index (χ0v) is 11.2. The number of hydrogen-bond donors (Lipinski definition) is 0. The SMILES string of the molecule is c1csc(-c2nc3nccc(-c4ccncc4)n3n2)c1. The van der Waals surface area contributed by atoms with Crippen LogP contribution in [-0.4, -0.2) is 24.6 Å². The van der Waals surface area contributed by atoms with Crippen molar-refractivity contribution in [2.24, 2.45) is 0 Å². The Morgan fingerprint density at radius 1 is 1.00 bits per heavy atom. The molecule has 0 aliphatic rings. The summed E-state index contributed by atoms with van der Waals surface area (Å²) in [7, 11) is 0. The van der Waals surface area contributed by atoms with E-state index in [0.717, 1.165) is 16.1 Å². The summed E-state index contributed by atoms with van der Waals surface area (Å²) in [6.07, 6.45) is 5.27. The summed E-state index contributed by atoms with van der Waals surface area (Å²) >= 11 is 1.62. The van der Waals surface area contributed by atoms with Gasteiger partial charge in [0.2, 0.25) is 0 Å². The Kier molecular flexibility index (Phi) is 2.53. The van der Waals surface area contributed by atoms with Gasteiger partial charge in [-0.05, 0) is 29.6 Å². The Bertz CT molecular complexity index is 852. The summed E-state index contributed by atoms with van der Waals surface area (Å²) in [6.45, 7) is 0. The van der Waals surface area contributed by atoms with Gasteiger partial charge < -0.3 is 0 Å². The molecule has 0 atom stereocenters. The molecular weight excluding hydrogens is 270 g/mol. The molecule has 0 spiro atoms. The van der Waals surface area contributed by atoms with Crippen LogP contribution in [0.1, 0.15) is 0 Å². The Balaban J connectivity index is 1.95. The van der Waals surface area contributed by atoms with Crippen molar-refractivity contribution in [1.82, 2.24) is 24.6 Å². The van der Waals surface area contributed by atoms with Crippen molar-refractivity contribution < 1.29 is 0 Å². The summed E-state index contributed by atoms with van der Waals surface area (Å²) in [5.41, 5.74) is 1.99. The molecule has 20 heavy (non-hydrogen) atoms. The van der Waals surface area contributed by atoms with E-state index >= 15 is 0 Å². The van der Waals surface area contributed by atoms with Crippen LogP contribution in [0.3, 0.4) is 0 Å². The molecule has 0 amide bonds. The first-order valence-electron chi connectivity index (χ1n) is 6.08. The monoisotopic (exact) mass is 279 g/mol. The van der Waals surface area contributed by atoms with E-state index in [0.29, 0.717) is 11.6 Å². The van der Waals surface area contributed by atoms with Crippen LogP contribution in [0.5, 0.6) is 0 Å². The molecule has 0 N–H and O–H groups in total. The van der Waals surface area contributed by atoms with Crippen molar-refractivity contribution in [2.75, 3.05) is 0 Å². The third kappa shape index (κ3) is 1.78. The van der Waals surface area contributed by atoms with Crippen molar-refractivity contribution in [1.29, 1.82) is 0 Å². The van der Waals surface area contributed by atoms with Gasteiger partial charge >= 0.3 is 0 Å². The first kappa shape index (κ1) is 11.2. The number of nitrogens with zero attached hydrogens (tertiary/aromatic N) is 5. The minimum absolute atomic E-state index is 0.600. The second-order valence-electron chi connectivity index (χ2n) is 4.19. The third-order valence-electron chi connectivity index (χ3n) is 2.96. The van der Waals surface area contributed by atoms with Crippen molar-refractivity contribution in [3.05, 3.63) is 54.3 Å². The van der Waals surface area contributed by atoms with Crippen molar-refractivity contribution >= 4 is 17.1 Å². The molecule has 0 unspecified atom stereocenters. The average molecular weight is 279 g/mol. The largest absolute Gasteiger partial charge is 0.265 e. The van der Waals surface area contributed by atoms with Crippen LogP contribution in [0.25, 0.3) is 27.7 Å². The Labute approximate surface area is 118 Å². The smallest absolute Gasteiger partial charge is 0.253 e. The summed E-state index contributed by atoms with van der Waals surface area (Å²) < 4.78 is 1.77. The highest BCUT2D eigenvalue weighted by Gasteiger charge is 2.11. The van der Waals surface area contributed by atoms with Gasteiger partial charge in [-0.3, -0.25) is 4.98 Å². The fourth-order valence-corrected chi connectivity index (χ4v) is 2.70. The van der Waals surface area contributed by atoms with Gasteiger partial charge in [-0.2, -0.15) is 9.50 Å². The van der Waals surface area contributed by atoms with Crippen LogP contribution in [-0.2, 0) is 0 Å². The molecule has 0 saturated carbocycles. The Morgan fingerprint density at radius 3 is 2.70 bits per heavy atom. The maximum absolute atomic E-state index is 4.56. The number of aromatic nitrogens is 5. The standard InChI is InChI=1S/C14H9N5S/c1-2-12(20-9-1)13-17-14-16-8-5-11(19(14)18-13)10-3-6-15-7-4-10/h1-9H. The first-order chi connectivity index (χ1) is 9.92. The van der Waals surface area contributed by atoms with Crippen LogP contribution in [0.4, 0.5) is 0 Å². The van der Waals surface area contributed by atoms with Crippen LogP contribution in [0, 0.1) is 0 Å². The zero-order chi connectivity index (χ0) is 13.4. The van der Waals surface area contributed by atoms with E-state index in [1.165, 1.54) is 0 Å². The molecule has 0 aliphatic carbocycles. The van der Waals surface area contributed by atoms with E-state index in [2.05, 4.69) is 20.1 Å². The van der Waals surface area contributed by atoms with Crippen molar-refractivity contribution in [3.8, 4) is 22.0 Å². The summed E-state index contributed by atoms with van der Waals surface area (Å²) in [5.74, 6) is 1.30. The molecule has 4 aromatic rings. The zero-order valence-electron chi connectivity index (χ0n) is 10.3. The summed E-state index contributed by atoms with van der Waals surface area (Å²) in [6, 6.07) is 9.81. The van der Waals surface area contributed by atoms with Gasteiger partial charge in [0.05, 0.1) is 10.6 Å². The Morgan fingerprint density at radius 2 is 1.90 bits per heavy atom. The first-order valence-corrected chi connectivity index (χ1v) is 6.96. The fourth-order valence-electron chi connectivity index (χ4n) is 2.05. The molecule has 96 valence electrons. The predicted molar refractivity (Wildman–Crippen MR) is 77.3 cm³/mol. The molecule has 0 fully saturated rings. The molecule has 0 saturated heterocycles. The highest BCUT2D eigenvalue weighted by molar-refractivity contribution is 7.13. The van der Waals surface area contributed by atoms with Crippen LogP contribution in [0.2, 0.25) is 0 Å². The van der Waals surface area contributed by atoms with Gasteiger partial charge in [-0.15, -0.1) is 16.4 Å². The second-order valence-corrected chi connectivity index (χ2v) is 5.14. The minimum atomic E-state index is 0.600. The molecular formula is C14H9N5S. The van der Waals surface area contributed by atoms with Gasteiger partial charge in [0.15, 0.2) is 5.82 Å². The van der Waals surface area contributed by atoms with Crippen LogP contribution < -0.4 is 0 Å². The van der Waals surface area contributed by atoms with Gasteiger partial charge in [-0.1, -0.05) is 6.07 Å². The average Bonchev–Trinajstić information content (AvgIpc) is 3.16. The number of thiophene rings is 1. The van der Waals surface area contributed by atoms with Crippen molar-refractivity contribution in [2.45, 2.75) is 0 Å². The van der Waals surface area contributed by atoms with Gasteiger partial charge in [0.25, 0.3) is 5.78 Å². The lowest BCUT2D eigenvalue weighted by molar-refractivity contribution is 0.951. The normalized spacial score (nSPS) is 11.0. The number of pyridine rings is 1. The molecule has 0 bridgehead atoms. The Hall–Kier alpha value is -2.60. The van der Waals surface area contributed by atoms with Crippen LogP contribution in [0.15, 0.2) is 54.3 Å². The molecule has 4 heterocycles. The van der Waals surface area contributed by atoms with E-state index < -0.39 is 0 Å². The molecule has 6 heteroatoms. The lowest BCUT2D eigenvalue weighted by Crippen LogP contribution is -1.95. The highest BCUT2D eigenvalue weighted by Crippen LogP contribution is 2.24. The fraction of sp³-hybridized carbons (Fsp3) is 0. The second kappa shape index (κ2) is 4.50. The van der Waals surface area contributed by atoms with Gasteiger partial charge in [0, 0.05) is 24.2 Å². The van der Waals surface area contributed by atoms with E-state index in [1.807, 2.05) is 35.7 Å². The lowest BCUT2D eigenvalue weighted by Gasteiger charge is -2.02. The minimum Gasteiger partial charge on any atom is -0.265 e. The van der Waals surface area contributed by atoms with E-state index in [9.17, 15) is 0 Å². The predicted octanol–water partition coefficient (Wildman–Crippen LogP) is 2.91. The number of rotatable bonds is 2. The van der Waals surface area contributed by atoms with E-state index in [1.54, 1.807) is 34.4 Å². The number of hydrogen-bond acceptors (Lipinski definition) is 5. The molecule has 4 aromatic heterocycles. The molecule has 0 radical (unpaired) electrons.